The second-order valence-electron chi connectivity index (χ2n) is 7.07. The molecule has 0 radical (unpaired) electrons. The Balaban J connectivity index is 0.000000775. The van der Waals surface area contributed by atoms with Gasteiger partial charge in [-0.2, -0.15) is 17.6 Å². The van der Waals surface area contributed by atoms with E-state index in [0.29, 0.717) is 17.0 Å². The first-order valence-corrected chi connectivity index (χ1v) is 11.2. The number of aromatic nitrogens is 2. The van der Waals surface area contributed by atoms with Crippen LogP contribution in [0.15, 0.2) is 47.5 Å². The molecule has 2 aliphatic rings. The molecule has 168 valence electrons. The molecule has 0 atom stereocenters. The van der Waals surface area contributed by atoms with E-state index >= 15 is 0 Å². The van der Waals surface area contributed by atoms with Crippen LogP contribution in [0.25, 0.3) is 10.9 Å². The topological polar surface area (TPSA) is 143 Å². The van der Waals surface area contributed by atoms with Crippen LogP contribution in [0, 0.1) is 0 Å². The van der Waals surface area contributed by atoms with Crippen molar-refractivity contribution in [1.82, 2.24) is 14.5 Å². The fourth-order valence-corrected chi connectivity index (χ4v) is 4.91. The zero-order valence-electron chi connectivity index (χ0n) is 16.9. The summed E-state index contributed by atoms with van der Waals surface area (Å²) >= 11 is 0. The Labute approximate surface area is 183 Å². The minimum absolute atomic E-state index is 0.0274. The van der Waals surface area contributed by atoms with E-state index in [2.05, 4.69) is 20.6 Å². The molecule has 3 heterocycles. The van der Waals surface area contributed by atoms with Crippen molar-refractivity contribution in [2.24, 2.45) is 0 Å². The summed E-state index contributed by atoms with van der Waals surface area (Å²) in [6.07, 6.45) is 1.54. The van der Waals surface area contributed by atoms with E-state index in [1.807, 2.05) is 18.2 Å². The van der Waals surface area contributed by atoms with Crippen LogP contribution in [0.4, 0.5) is 11.4 Å². The largest absolute Gasteiger partial charge is 0.483 e. The van der Waals surface area contributed by atoms with Crippen molar-refractivity contribution < 1.29 is 27.9 Å². The van der Waals surface area contributed by atoms with E-state index in [-0.39, 0.29) is 23.9 Å². The zero-order valence-corrected chi connectivity index (χ0v) is 17.7. The van der Waals surface area contributed by atoms with Crippen molar-refractivity contribution >= 4 is 44.7 Å². The quantitative estimate of drug-likeness (QED) is 0.483. The number of nitrogens with zero attached hydrogens (tertiary/aromatic N) is 3. The van der Waals surface area contributed by atoms with Gasteiger partial charge in [0.1, 0.15) is 5.75 Å². The van der Waals surface area contributed by atoms with E-state index in [1.54, 1.807) is 6.07 Å². The normalized spacial score (nSPS) is 15.8. The van der Waals surface area contributed by atoms with E-state index in [9.17, 15) is 13.2 Å². The Morgan fingerprint density at radius 2 is 1.88 bits per heavy atom. The number of rotatable bonds is 3. The van der Waals surface area contributed by atoms with Gasteiger partial charge >= 0.3 is 0 Å². The first kappa shape index (κ1) is 21.6. The number of carboxylic acid groups (broad SMARTS) is 1. The fraction of sp³-hybridized carbons (Fsp3) is 0.250. The highest BCUT2D eigenvalue weighted by Gasteiger charge is 2.25. The van der Waals surface area contributed by atoms with Crippen molar-refractivity contribution in [3.8, 4) is 5.75 Å². The van der Waals surface area contributed by atoms with Gasteiger partial charge in [-0.05, 0) is 36.4 Å². The lowest BCUT2D eigenvalue weighted by atomic mass is 10.2. The molecule has 5 rings (SSSR count). The van der Waals surface area contributed by atoms with Crippen molar-refractivity contribution in [3.63, 3.8) is 0 Å². The van der Waals surface area contributed by atoms with Crippen LogP contribution in [-0.4, -0.2) is 67.9 Å². The molecule has 32 heavy (non-hydrogen) atoms. The third-order valence-corrected chi connectivity index (χ3v) is 6.71. The van der Waals surface area contributed by atoms with E-state index < -0.39 is 10.0 Å². The average Bonchev–Trinajstić information content (AvgIpc) is 3.24. The smallest absolute Gasteiger partial charge is 0.290 e. The molecule has 0 unspecified atom stereocenters. The number of hydrogen-bond donors (Lipinski definition) is 3. The lowest BCUT2D eigenvalue weighted by Crippen LogP contribution is -2.43. The summed E-state index contributed by atoms with van der Waals surface area (Å²) in [5.74, 6) is 0.118. The van der Waals surface area contributed by atoms with Gasteiger partial charge in [0.2, 0.25) is 0 Å². The maximum Gasteiger partial charge on any atom is 0.290 e. The first-order chi connectivity index (χ1) is 15.4. The predicted molar refractivity (Wildman–Crippen MR) is 117 cm³/mol. The molecular weight excluding hydrogens is 438 g/mol. The number of hydrogen-bond acceptors (Lipinski definition) is 8. The second-order valence-corrected chi connectivity index (χ2v) is 8.84. The number of amides is 1. The van der Waals surface area contributed by atoms with Crippen molar-refractivity contribution in [3.05, 3.63) is 42.6 Å². The Kier molecular flexibility index (Phi) is 5.97. The van der Waals surface area contributed by atoms with Crippen molar-refractivity contribution in [1.29, 1.82) is 0 Å². The third-order valence-electron chi connectivity index (χ3n) is 5.11. The molecular formula is C20H21N5O6S. The number of nitrogens with one attached hydrogen (secondary N) is 2. The van der Waals surface area contributed by atoms with Gasteiger partial charge < -0.3 is 25.4 Å². The Bertz CT molecular complexity index is 1270. The van der Waals surface area contributed by atoms with Crippen molar-refractivity contribution in [2.45, 2.75) is 4.90 Å². The van der Waals surface area contributed by atoms with E-state index in [0.717, 1.165) is 41.3 Å². The number of ether oxygens (including phenoxy) is 1. The summed E-state index contributed by atoms with van der Waals surface area (Å²) in [7, 11) is -3.95. The highest BCUT2D eigenvalue weighted by Crippen LogP contribution is 2.32. The minimum Gasteiger partial charge on any atom is -0.483 e. The average molecular weight is 459 g/mol. The maximum atomic E-state index is 13.3. The first-order valence-electron chi connectivity index (χ1n) is 9.77. The fourth-order valence-electron chi connectivity index (χ4n) is 3.62. The number of carbonyl (C=O) groups is 2. The summed E-state index contributed by atoms with van der Waals surface area (Å²) < 4.78 is 32.9. The lowest BCUT2D eigenvalue weighted by molar-refractivity contribution is -0.123. The molecule has 0 bridgehead atoms. The van der Waals surface area contributed by atoms with Crippen LogP contribution in [0.3, 0.4) is 0 Å². The maximum absolute atomic E-state index is 13.3. The van der Waals surface area contributed by atoms with E-state index in [4.69, 9.17) is 14.6 Å². The monoisotopic (exact) mass is 459 g/mol. The Morgan fingerprint density at radius 1 is 1.12 bits per heavy atom. The standard InChI is InChI=1S/C19H19N5O4S.CH2O2/c25-19-12-28-18-4-3-15(10-16(18)22-19)29(26,27)24-17-9-14(2-1-13(17)11-21-24)23-7-5-20-6-8-23;2-1-3/h1-4,9-11,20H,5-8,12H2,(H,22,25);1H,(H,2,3). The van der Waals surface area contributed by atoms with Crippen LogP contribution >= 0.6 is 0 Å². The predicted octanol–water partition coefficient (Wildman–Crippen LogP) is 0.715. The molecule has 0 aliphatic carbocycles. The summed E-state index contributed by atoms with van der Waals surface area (Å²) in [6, 6.07) is 10.1. The Morgan fingerprint density at radius 3 is 2.62 bits per heavy atom. The molecule has 11 nitrogen and oxygen atoms in total. The van der Waals surface area contributed by atoms with Crippen LogP contribution < -0.4 is 20.3 Å². The molecule has 0 saturated carbocycles. The van der Waals surface area contributed by atoms with Crippen molar-refractivity contribution in [2.75, 3.05) is 43.0 Å². The molecule has 1 saturated heterocycles. The van der Waals surface area contributed by atoms with Gasteiger partial charge in [0.25, 0.3) is 22.4 Å². The summed E-state index contributed by atoms with van der Waals surface area (Å²) in [5, 5.41) is 17.7. The highest BCUT2D eigenvalue weighted by atomic mass is 32.2. The molecule has 1 fully saturated rings. The molecule has 12 heteroatoms. The minimum atomic E-state index is -3.95. The molecule has 3 N–H and O–H groups in total. The number of anilines is 2. The lowest BCUT2D eigenvalue weighted by Gasteiger charge is -2.29. The number of carbonyl (C=O) groups excluding carboxylic acids is 1. The number of fused-ring (bicyclic) bond motifs is 2. The molecule has 2 aliphatic heterocycles. The molecule has 0 spiro atoms. The van der Waals surface area contributed by atoms with Crippen LogP contribution in [-0.2, 0) is 19.6 Å². The molecule has 1 aromatic heterocycles. The van der Waals surface area contributed by atoms with E-state index in [1.165, 1.54) is 18.3 Å². The summed E-state index contributed by atoms with van der Waals surface area (Å²) in [6.45, 7) is 3.16. The SMILES string of the molecule is O=C1COc2ccc(S(=O)(=O)n3ncc4ccc(N5CCNCC5)cc43)cc2N1.O=CO. The van der Waals surface area contributed by atoms with Gasteiger partial charge in [0, 0.05) is 37.3 Å². The third kappa shape index (κ3) is 4.09. The van der Waals surface area contributed by atoms with Gasteiger partial charge in [0.15, 0.2) is 6.61 Å². The molecule has 3 aromatic rings. The number of piperazine rings is 1. The van der Waals surface area contributed by atoms with Crippen LogP contribution in [0.5, 0.6) is 5.75 Å². The highest BCUT2D eigenvalue weighted by molar-refractivity contribution is 7.90. The van der Waals surface area contributed by atoms with Gasteiger partial charge in [0.05, 0.1) is 22.3 Å². The van der Waals surface area contributed by atoms with Gasteiger partial charge in [-0.15, -0.1) is 0 Å². The zero-order chi connectivity index (χ0) is 22.7. The summed E-state index contributed by atoms with van der Waals surface area (Å²) in [4.78, 5) is 22.2. The number of benzene rings is 2. The molecule has 2 aromatic carbocycles. The van der Waals surface area contributed by atoms with Crippen LogP contribution in [0.2, 0.25) is 0 Å². The summed E-state index contributed by atoms with van der Waals surface area (Å²) in [5.41, 5.74) is 1.81. The van der Waals surface area contributed by atoms with Gasteiger partial charge in [-0.3, -0.25) is 9.59 Å². The second kappa shape index (κ2) is 8.85. The van der Waals surface area contributed by atoms with Gasteiger partial charge in [-0.25, -0.2) is 0 Å². The molecule has 1 amide bonds. The Hall–Kier alpha value is -3.64. The van der Waals surface area contributed by atoms with Crippen LogP contribution in [0.1, 0.15) is 0 Å². The van der Waals surface area contributed by atoms with Gasteiger partial charge in [-0.1, -0.05) is 0 Å².